The van der Waals surface area contributed by atoms with Crippen LogP contribution < -0.4 is 9.64 Å². The Morgan fingerprint density at radius 1 is 1.15 bits per heavy atom. The second kappa shape index (κ2) is 12.9. The molecule has 0 aliphatic carbocycles. The predicted molar refractivity (Wildman–Crippen MR) is 158 cm³/mol. The molecule has 0 N–H and O–H groups in total. The highest BCUT2D eigenvalue weighted by Crippen LogP contribution is 2.33. The van der Waals surface area contributed by atoms with E-state index in [0.717, 1.165) is 68.1 Å². The van der Waals surface area contributed by atoms with Crippen LogP contribution in [0.1, 0.15) is 43.5 Å². The third kappa shape index (κ3) is 6.66. The Morgan fingerprint density at radius 3 is 2.65 bits per heavy atom. The Bertz CT molecular complexity index is 1400. The van der Waals surface area contributed by atoms with Gasteiger partial charge in [-0.3, -0.25) is 14.6 Å². The van der Waals surface area contributed by atoms with Gasteiger partial charge in [-0.05, 0) is 74.6 Å². The van der Waals surface area contributed by atoms with E-state index in [1.807, 2.05) is 25.1 Å². The number of sulfonamides is 1. The van der Waals surface area contributed by atoms with E-state index in [1.165, 1.54) is 11.3 Å². The number of hydrogen-bond acceptors (Lipinski definition) is 8. The van der Waals surface area contributed by atoms with Gasteiger partial charge in [0.05, 0.1) is 34.9 Å². The first-order valence-corrected chi connectivity index (χ1v) is 16.4. The Morgan fingerprint density at radius 2 is 1.93 bits per heavy atom. The highest BCUT2D eigenvalue weighted by molar-refractivity contribution is 7.89. The lowest BCUT2D eigenvalue weighted by molar-refractivity contribution is 0.0376. The SMILES string of the molecule is CCOc1ccc2nc(N(CCCN3CCOCC3)C(=O)c3ccc(S(=O)(=O)N4CCCC(C)C4)cc3)sc2c1. The molecule has 9 nitrogen and oxygen atoms in total. The number of fused-ring (bicyclic) bond motifs is 1. The summed E-state index contributed by atoms with van der Waals surface area (Å²) in [6.07, 6.45) is 2.69. The summed E-state index contributed by atoms with van der Waals surface area (Å²) in [5, 5.41) is 0.620. The molecule has 40 heavy (non-hydrogen) atoms. The number of nitrogens with zero attached hydrogens (tertiary/aromatic N) is 4. The molecule has 3 aromatic rings. The van der Waals surface area contributed by atoms with Crippen molar-refractivity contribution in [1.82, 2.24) is 14.2 Å². The molecule has 0 spiro atoms. The Labute approximate surface area is 240 Å². The third-order valence-electron chi connectivity index (χ3n) is 7.45. The second-order valence-electron chi connectivity index (χ2n) is 10.5. The molecule has 0 radical (unpaired) electrons. The highest BCUT2D eigenvalue weighted by atomic mass is 32.2. The van der Waals surface area contributed by atoms with Crippen molar-refractivity contribution in [3.8, 4) is 5.75 Å². The van der Waals surface area contributed by atoms with Crippen LogP contribution in [-0.2, 0) is 14.8 Å². The summed E-state index contributed by atoms with van der Waals surface area (Å²) < 4.78 is 40.1. The van der Waals surface area contributed by atoms with Crippen molar-refractivity contribution in [3.63, 3.8) is 0 Å². The van der Waals surface area contributed by atoms with Crippen LogP contribution in [0.5, 0.6) is 5.75 Å². The molecule has 0 saturated carbocycles. The molecular weight excluding hydrogens is 548 g/mol. The van der Waals surface area contributed by atoms with E-state index in [2.05, 4.69) is 11.8 Å². The van der Waals surface area contributed by atoms with E-state index < -0.39 is 10.0 Å². The van der Waals surface area contributed by atoms with Gasteiger partial charge < -0.3 is 9.47 Å². The maximum Gasteiger partial charge on any atom is 0.260 e. The molecule has 0 bridgehead atoms. The molecule has 1 atom stereocenters. The first-order valence-electron chi connectivity index (χ1n) is 14.1. The van der Waals surface area contributed by atoms with Crippen molar-refractivity contribution < 1.29 is 22.7 Å². The number of amides is 1. The lowest BCUT2D eigenvalue weighted by Crippen LogP contribution is -2.39. The largest absolute Gasteiger partial charge is 0.494 e. The van der Waals surface area contributed by atoms with Gasteiger partial charge in [0, 0.05) is 44.8 Å². The van der Waals surface area contributed by atoms with Gasteiger partial charge in [0.1, 0.15) is 5.75 Å². The maximum atomic E-state index is 13.9. The minimum Gasteiger partial charge on any atom is -0.494 e. The van der Waals surface area contributed by atoms with Crippen molar-refractivity contribution in [2.45, 2.75) is 38.0 Å². The summed E-state index contributed by atoms with van der Waals surface area (Å²) >= 11 is 1.46. The van der Waals surface area contributed by atoms with Crippen LogP contribution in [0.3, 0.4) is 0 Å². The topological polar surface area (TPSA) is 92.3 Å². The van der Waals surface area contributed by atoms with Crippen molar-refractivity contribution in [2.75, 3.05) is 64.0 Å². The number of rotatable bonds is 10. The zero-order valence-corrected chi connectivity index (χ0v) is 24.9. The van der Waals surface area contributed by atoms with Gasteiger partial charge in [-0.15, -0.1) is 0 Å². The number of carbonyl (C=O) groups is 1. The maximum absolute atomic E-state index is 13.9. The zero-order valence-electron chi connectivity index (χ0n) is 23.3. The van der Waals surface area contributed by atoms with Crippen molar-refractivity contribution in [2.24, 2.45) is 5.92 Å². The van der Waals surface area contributed by atoms with Crippen LogP contribution in [0.2, 0.25) is 0 Å². The molecule has 2 saturated heterocycles. The van der Waals surface area contributed by atoms with Crippen molar-refractivity contribution in [3.05, 3.63) is 48.0 Å². The van der Waals surface area contributed by atoms with E-state index in [1.54, 1.807) is 33.5 Å². The molecule has 2 aliphatic rings. The second-order valence-corrected chi connectivity index (χ2v) is 13.4. The van der Waals surface area contributed by atoms with E-state index >= 15 is 0 Å². The molecule has 2 aromatic carbocycles. The monoisotopic (exact) mass is 586 g/mol. The van der Waals surface area contributed by atoms with Crippen molar-refractivity contribution >= 4 is 42.6 Å². The lowest BCUT2D eigenvalue weighted by Gasteiger charge is -2.30. The fraction of sp³-hybridized carbons (Fsp3) is 0.517. The number of carbonyl (C=O) groups excluding carboxylic acids is 1. The molecule has 1 unspecified atom stereocenters. The lowest BCUT2D eigenvalue weighted by atomic mass is 10.0. The molecule has 1 aromatic heterocycles. The molecular formula is C29H38N4O5S2. The fourth-order valence-corrected chi connectivity index (χ4v) is 7.88. The van der Waals surface area contributed by atoms with Gasteiger partial charge in [0.25, 0.3) is 5.91 Å². The van der Waals surface area contributed by atoms with Gasteiger partial charge >= 0.3 is 0 Å². The Hall–Kier alpha value is -2.57. The van der Waals surface area contributed by atoms with Crippen LogP contribution >= 0.6 is 11.3 Å². The number of hydrogen-bond donors (Lipinski definition) is 0. The van der Waals surface area contributed by atoms with Gasteiger partial charge in [-0.25, -0.2) is 13.4 Å². The molecule has 5 rings (SSSR count). The quantitative estimate of drug-likeness (QED) is 0.346. The normalized spacial score (nSPS) is 19.1. The van der Waals surface area contributed by atoms with Crippen LogP contribution in [-0.4, -0.2) is 87.6 Å². The van der Waals surface area contributed by atoms with E-state index in [4.69, 9.17) is 14.5 Å². The molecule has 11 heteroatoms. The number of aromatic nitrogens is 1. The summed E-state index contributed by atoms with van der Waals surface area (Å²) in [5.74, 6) is 0.922. The molecule has 3 heterocycles. The summed E-state index contributed by atoms with van der Waals surface area (Å²) in [6.45, 7) is 10.3. The van der Waals surface area contributed by atoms with E-state index in [-0.39, 0.29) is 10.8 Å². The molecule has 216 valence electrons. The van der Waals surface area contributed by atoms with Crippen LogP contribution in [0, 0.1) is 5.92 Å². The van der Waals surface area contributed by atoms with E-state index in [9.17, 15) is 13.2 Å². The smallest absolute Gasteiger partial charge is 0.260 e. The number of benzene rings is 2. The molecule has 2 aliphatic heterocycles. The van der Waals surface area contributed by atoms with Gasteiger partial charge in [0.15, 0.2) is 5.13 Å². The van der Waals surface area contributed by atoms with Gasteiger partial charge in [-0.1, -0.05) is 18.3 Å². The number of piperidine rings is 1. The van der Waals surface area contributed by atoms with Crippen LogP contribution in [0.4, 0.5) is 5.13 Å². The zero-order chi connectivity index (χ0) is 28.1. The third-order valence-corrected chi connectivity index (χ3v) is 10.4. The number of anilines is 1. The standard InChI is InChI=1S/C29H38N4O5S2/c1-3-38-24-9-12-26-27(20-24)39-29(30-26)33(15-5-13-31-16-18-37-19-17-31)28(34)23-7-10-25(11-8-23)40(35,36)32-14-4-6-22(2)21-32/h7-12,20,22H,3-6,13-19,21H2,1-2H3. The summed E-state index contributed by atoms with van der Waals surface area (Å²) in [6, 6.07) is 12.1. The Balaban J connectivity index is 1.37. The number of morpholine rings is 1. The average Bonchev–Trinajstić information content (AvgIpc) is 3.39. The Kier molecular flexibility index (Phi) is 9.37. The highest BCUT2D eigenvalue weighted by Gasteiger charge is 2.29. The average molecular weight is 587 g/mol. The van der Waals surface area contributed by atoms with Crippen molar-refractivity contribution in [1.29, 1.82) is 0 Å². The van der Waals surface area contributed by atoms with Crippen LogP contribution in [0.15, 0.2) is 47.4 Å². The minimum atomic E-state index is -3.59. The summed E-state index contributed by atoms with van der Waals surface area (Å²) in [5.41, 5.74) is 1.25. The summed E-state index contributed by atoms with van der Waals surface area (Å²) in [4.78, 5) is 22.9. The van der Waals surface area contributed by atoms with Crippen LogP contribution in [0.25, 0.3) is 10.2 Å². The summed E-state index contributed by atoms with van der Waals surface area (Å²) in [7, 11) is -3.59. The predicted octanol–water partition coefficient (Wildman–Crippen LogP) is 4.48. The first-order chi connectivity index (χ1) is 19.3. The molecule has 1 amide bonds. The minimum absolute atomic E-state index is 0.193. The van der Waals surface area contributed by atoms with E-state index in [0.29, 0.717) is 42.9 Å². The first kappa shape index (κ1) is 28.9. The number of thiazole rings is 1. The van der Waals surface area contributed by atoms with Gasteiger partial charge in [0.2, 0.25) is 10.0 Å². The molecule has 2 fully saturated rings. The number of ether oxygens (including phenoxy) is 2. The van der Waals surface area contributed by atoms with Gasteiger partial charge in [-0.2, -0.15) is 4.31 Å². The fourth-order valence-electron chi connectivity index (χ4n) is 5.26.